The van der Waals surface area contributed by atoms with Gasteiger partial charge in [0.25, 0.3) is 0 Å². The molecule has 1 aliphatic rings. The van der Waals surface area contributed by atoms with Crippen LogP contribution >= 0.6 is 11.3 Å². The number of carbonyl (C=O) groups excluding carboxylic acids is 1. The van der Waals surface area contributed by atoms with Crippen LogP contribution in [-0.4, -0.2) is 15.3 Å². The van der Waals surface area contributed by atoms with Gasteiger partial charge in [0.1, 0.15) is 5.58 Å². The van der Waals surface area contributed by atoms with Gasteiger partial charge in [-0.25, -0.2) is 4.98 Å². The van der Waals surface area contributed by atoms with Crippen molar-refractivity contribution in [2.45, 2.75) is 25.7 Å². The van der Waals surface area contributed by atoms with Gasteiger partial charge >= 0.3 is 0 Å². The average molecular weight is 414 g/mol. The summed E-state index contributed by atoms with van der Waals surface area (Å²) < 4.78 is 7.73. The second-order valence-corrected chi connectivity index (χ2v) is 8.63. The molecule has 3 heterocycles. The Morgan fingerprint density at radius 1 is 1.17 bits per heavy atom. The molecule has 0 radical (unpaired) electrons. The fourth-order valence-corrected chi connectivity index (χ4v) is 4.95. The van der Waals surface area contributed by atoms with Crippen LogP contribution in [0.25, 0.3) is 27.2 Å². The predicted octanol–water partition coefficient (Wildman–Crippen LogP) is 5.48. The highest BCUT2D eigenvalue weighted by atomic mass is 32.1. The Labute approximate surface area is 177 Å². The molecule has 3 aromatic heterocycles. The SMILES string of the molecule is O=C(Cc1coc2cc3c(cc12)CCC3)Nc1ccc(-c2cn3ccsc3n2)cc1. The fraction of sp³-hybridized carbons (Fsp3) is 0.167. The monoisotopic (exact) mass is 413 g/mol. The van der Waals surface area contributed by atoms with Crippen LogP contribution in [0.5, 0.6) is 0 Å². The Hall–Kier alpha value is -3.38. The summed E-state index contributed by atoms with van der Waals surface area (Å²) >= 11 is 1.61. The van der Waals surface area contributed by atoms with Crippen LogP contribution in [0.15, 0.2) is 64.9 Å². The molecule has 0 aliphatic heterocycles. The Morgan fingerprint density at radius 2 is 2.00 bits per heavy atom. The van der Waals surface area contributed by atoms with E-state index in [1.54, 1.807) is 17.6 Å². The molecule has 0 spiro atoms. The maximum atomic E-state index is 12.6. The third-order valence-corrected chi connectivity index (χ3v) is 6.55. The van der Waals surface area contributed by atoms with E-state index in [4.69, 9.17) is 4.42 Å². The van der Waals surface area contributed by atoms with Gasteiger partial charge in [-0.1, -0.05) is 12.1 Å². The van der Waals surface area contributed by atoms with Crippen molar-refractivity contribution in [3.63, 3.8) is 0 Å². The standard InChI is InChI=1S/C24H19N3O2S/c28-23(12-18-14-29-22-11-17-3-1-2-16(17)10-20(18)22)25-19-6-4-15(5-7-19)21-13-27-8-9-30-24(27)26-21/h4-11,13-14H,1-3,12H2,(H,25,28). The number of furan rings is 1. The lowest BCUT2D eigenvalue weighted by Crippen LogP contribution is -2.14. The molecule has 6 heteroatoms. The summed E-state index contributed by atoms with van der Waals surface area (Å²) in [4.78, 5) is 18.2. The van der Waals surface area contributed by atoms with Gasteiger partial charge < -0.3 is 9.73 Å². The lowest BCUT2D eigenvalue weighted by molar-refractivity contribution is -0.115. The van der Waals surface area contributed by atoms with E-state index in [-0.39, 0.29) is 5.91 Å². The number of amides is 1. The van der Waals surface area contributed by atoms with Crippen molar-refractivity contribution in [2.75, 3.05) is 5.32 Å². The van der Waals surface area contributed by atoms with E-state index in [0.717, 1.165) is 51.3 Å². The number of imidazole rings is 1. The molecule has 0 fully saturated rings. The number of nitrogens with zero attached hydrogens (tertiary/aromatic N) is 2. The third kappa shape index (κ3) is 3.00. The topological polar surface area (TPSA) is 59.5 Å². The Balaban J connectivity index is 1.18. The van der Waals surface area contributed by atoms with Gasteiger partial charge in [-0.15, -0.1) is 11.3 Å². The largest absolute Gasteiger partial charge is 0.464 e. The van der Waals surface area contributed by atoms with Gasteiger partial charge in [0.15, 0.2) is 4.96 Å². The van der Waals surface area contributed by atoms with E-state index < -0.39 is 0 Å². The number of hydrogen-bond donors (Lipinski definition) is 1. The normalized spacial score (nSPS) is 13.2. The molecule has 5 nitrogen and oxygen atoms in total. The molecule has 0 saturated heterocycles. The van der Waals surface area contributed by atoms with E-state index in [1.165, 1.54) is 17.5 Å². The number of aromatic nitrogens is 2. The Morgan fingerprint density at radius 3 is 2.83 bits per heavy atom. The minimum atomic E-state index is -0.0477. The lowest BCUT2D eigenvalue weighted by atomic mass is 10.0. The summed E-state index contributed by atoms with van der Waals surface area (Å²) in [7, 11) is 0. The van der Waals surface area contributed by atoms with Crippen LogP contribution in [0.2, 0.25) is 0 Å². The average Bonchev–Trinajstić information content (AvgIpc) is 3.51. The van der Waals surface area contributed by atoms with E-state index in [2.05, 4.69) is 22.4 Å². The van der Waals surface area contributed by atoms with Crippen LogP contribution in [0.1, 0.15) is 23.1 Å². The minimum Gasteiger partial charge on any atom is -0.464 e. The predicted molar refractivity (Wildman–Crippen MR) is 119 cm³/mol. The second kappa shape index (κ2) is 6.85. The number of hydrogen-bond acceptors (Lipinski definition) is 4. The van der Waals surface area contributed by atoms with Crippen molar-refractivity contribution >= 4 is 38.9 Å². The molecule has 0 atom stereocenters. The Bertz CT molecular complexity index is 1360. The van der Waals surface area contributed by atoms with Crippen LogP contribution in [0, 0.1) is 0 Å². The minimum absolute atomic E-state index is 0.0477. The van der Waals surface area contributed by atoms with Crippen molar-refractivity contribution in [1.82, 2.24) is 9.38 Å². The summed E-state index contributed by atoms with van der Waals surface area (Å²) in [5, 5.41) is 6.06. The maximum absolute atomic E-state index is 12.6. The number of aryl methyl sites for hydroxylation is 2. The number of anilines is 1. The van der Waals surface area contributed by atoms with E-state index in [0.29, 0.717) is 6.42 Å². The highest BCUT2D eigenvalue weighted by molar-refractivity contribution is 7.15. The van der Waals surface area contributed by atoms with Gasteiger partial charge in [0.2, 0.25) is 5.91 Å². The molecule has 5 aromatic rings. The van der Waals surface area contributed by atoms with Crippen LogP contribution < -0.4 is 5.32 Å². The summed E-state index contributed by atoms with van der Waals surface area (Å²) in [6, 6.07) is 12.1. The first-order valence-electron chi connectivity index (χ1n) is 10.1. The summed E-state index contributed by atoms with van der Waals surface area (Å²) in [5.74, 6) is -0.0477. The van der Waals surface area contributed by atoms with Gasteiger partial charge in [0, 0.05) is 40.0 Å². The third-order valence-electron chi connectivity index (χ3n) is 5.78. The van der Waals surface area contributed by atoms with Crippen molar-refractivity contribution in [1.29, 1.82) is 0 Å². The molecule has 148 valence electrons. The number of carbonyl (C=O) groups is 1. The molecule has 2 aromatic carbocycles. The summed E-state index contributed by atoms with van der Waals surface area (Å²) in [6.07, 6.45) is 9.46. The summed E-state index contributed by atoms with van der Waals surface area (Å²) in [5.41, 5.74) is 7.31. The molecule has 1 N–H and O–H groups in total. The zero-order valence-corrected chi connectivity index (χ0v) is 17.0. The number of thiazole rings is 1. The molecular formula is C24H19N3O2S. The first-order valence-corrected chi connectivity index (χ1v) is 11.0. The van der Waals surface area contributed by atoms with E-state index in [9.17, 15) is 4.79 Å². The highest BCUT2D eigenvalue weighted by Crippen LogP contribution is 2.31. The molecule has 0 saturated carbocycles. The molecule has 6 rings (SSSR count). The van der Waals surface area contributed by atoms with E-state index >= 15 is 0 Å². The van der Waals surface area contributed by atoms with Crippen molar-refractivity contribution in [2.24, 2.45) is 0 Å². The van der Waals surface area contributed by atoms with Gasteiger partial charge in [-0.3, -0.25) is 9.20 Å². The number of benzene rings is 2. The van der Waals surface area contributed by atoms with Crippen molar-refractivity contribution < 1.29 is 9.21 Å². The number of fused-ring (bicyclic) bond motifs is 3. The van der Waals surface area contributed by atoms with Crippen LogP contribution in [-0.2, 0) is 24.1 Å². The van der Waals surface area contributed by atoms with Crippen LogP contribution in [0.3, 0.4) is 0 Å². The molecule has 0 bridgehead atoms. The molecule has 30 heavy (non-hydrogen) atoms. The smallest absolute Gasteiger partial charge is 0.228 e. The van der Waals surface area contributed by atoms with Crippen molar-refractivity contribution in [3.05, 3.63) is 77.1 Å². The van der Waals surface area contributed by atoms with Crippen LogP contribution in [0.4, 0.5) is 5.69 Å². The first kappa shape index (κ1) is 17.5. The van der Waals surface area contributed by atoms with Gasteiger partial charge in [-0.05, 0) is 54.7 Å². The molecule has 1 aliphatic carbocycles. The van der Waals surface area contributed by atoms with E-state index in [1.807, 2.05) is 46.4 Å². The quantitative estimate of drug-likeness (QED) is 0.424. The fourth-order valence-electron chi connectivity index (χ4n) is 4.25. The molecule has 0 unspecified atom stereocenters. The molecular weight excluding hydrogens is 394 g/mol. The zero-order valence-electron chi connectivity index (χ0n) is 16.2. The highest BCUT2D eigenvalue weighted by Gasteiger charge is 2.17. The Kier molecular flexibility index (Phi) is 3.99. The van der Waals surface area contributed by atoms with Crippen molar-refractivity contribution in [3.8, 4) is 11.3 Å². The first-order chi connectivity index (χ1) is 14.7. The lowest BCUT2D eigenvalue weighted by Gasteiger charge is -2.06. The second-order valence-electron chi connectivity index (χ2n) is 7.75. The maximum Gasteiger partial charge on any atom is 0.228 e. The summed E-state index contributed by atoms with van der Waals surface area (Å²) in [6.45, 7) is 0. The number of rotatable bonds is 4. The molecule has 1 amide bonds. The van der Waals surface area contributed by atoms with Gasteiger partial charge in [0.05, 0.1) is 18.4 Å². The number of nitrogens with one attached hydrogen (secondary N) is 1. The zero-order chi connectivity index (χ0) is 20.1. The van der Waals surface area contributed by atoms with Gasteiger partial charge in [-0.2, -0.15) is 0 Å².